The third kappa shape index (κ3) is 1.45. The molecule has 0 bridgehead atoms. The second kappa shape index (κ2) is 2.79. The molecule has 0 aromatic carbocycles. The third-order valence-corrected chi connectivity index (χ3v) is 3.28. The van der Waals surface area contributed by atoms with E-state index >= 15 is 0 Å². The fraction of sp³-hybridized carbons (Fsp3) is 0.636. The summed E-state index contributed by atoms with van der Waals surface area (Å²) in [6, 6.07) is 0. The van der Waals surface area contributed by atoms with E-state index in [4.69, 9.17) is 0 Å². The van der Waals surface area contributed by atoms with Crippen molar-refractivity contribution in [3.8, 4) is 0 Å². The van der Waals surface area contributed by atoms with E-state index in [-0.39, 0.29) is 11.2 Å². The van der Waals surface area contributed by atoms with Gasteiger partial charge < -0.3 is 0 Å². The molecule has 0 unspecified atom stereocenters. The molecular weight excluding hydrogens is 164 g/mol. The molecule has 2 heteroatoms. The van der Waals surface area contributed by atoms with Gasteiger partial charge in [-0.2, -0.15) is 0 Å². The van der Waals surface area contributed by atoms with E-state index < -0.39 is 0 Å². The van der Waals surface area contributed by atoms with E-state index in [1.165, 1.54) is 0 Å². The maximum Gasteiger partial charge on any atom is 0.159 e. The zero-order valence-electron chi connectivity index (χ0n) is 7.93. The largest absolute Gasteiger partial charge is 0.300 e. The fourth-order valence-corrected chi connectivity index (χ4v) is 2.40. The molecule has 0 saturated heterocycles. The van der Waals surface area contributed by atoms with Crippen LogP contribution in [0.15, 0.2) is 11.6 Å². The average molecular weight is 178 g/mol. The molecule has 13 heavy (non-hydrogen) atoms. The standard InChI is InChI=1S/C11H14O2/c1-8-6-11(7-10(8)13)4-2-9(12)3-5-11/h6H,2-5,7H2,1H3. The van der Waals surface area contributed by atoms with Gasteiger partial charge in [0, 0.05) is 19.3 Å². The summed E-state index contributed by atoms with van der Waals surface area (Å²) < 4.78 is 0. The lowest BCUT2D eigenvalue weighted by atomic mass is 9.73. The van der Waals surface area contributed by atoms with Crippen LogP contribution in [0, 0.1) is 5.41 Å². The molecule has 0 aliphatic heterocycles. The smallest absolute Gasteiger partial charge is 0.159 e. The predicted octanol–water partition coefficient (Wildman–Crippen LogP) is 2.04. The molecule has 0 aromatic rings. The number of allylic oxidation sites excluding steroid dienone is 2. The molecule has 0 heterocycles. The topological polar surface area (TPSA) is 34.1 Å². The van der Waals surface area contributed by atoms with Crippen LogP contribution >= 0.6 is 0 Å². The Morgan fingerprint density at radius 1 is 1.23 bits per heavy atom. The lowest BCUT2D eigenvalue weighted by Crippen LogP contribution is -2.24. The molecule has 0 aromatic heterocycles. The molecule has 2 nitrogen and oxygen atoms in total. The third-order valence-electron chi connectivity index (χ3n) is 3.28. The summed E-state index contributed by atoms with van der Waals surface area (Å²) in [6.07, 6.45) is 5.84. The van der Waals surface area contributed by atoms with E-state index in [1.54, 1.807) is 0 Å². The first-order valence-electron chi connectivity index (χ1n) is 4.86. The van der Waals surface area contributed by atoms with Gasteiger partial charge in [0.1, 0.15) is 5.78 Å². The number of carbonyl (C=O) groups is 2. The van der Waals surface area contributed by atoms with Crippen LogP contribution in [-0.4, -0.2) is 11.6 Å². The highest BCUT2D eigenvalue weighted by Gasteiger charge is 2.39. The van der Waals surface area contributed by atoms with Crippen molar-refractivity contribution in [2.24, 2.45) is 5.41 Å². The van der Waals surface area contributed by atoms with E-state index in [0.29, 0.717) is 25.0 Å². The van der Waals surface area contributed by atoms with Crippen molar-refractivity contribution in [3.63, 3.8) is 0 Å². The molecule has 0 amide bonds. The van der Waals surface area contributed by atoms with Crippen LogP contribution in [0.5, 0.6) is 0 Å². The number of hydrogen-bond donors (Lipinski definition) is 0. The Morgan fingerprint density at radius 3 is 2.31 bits per heavy atom. The van der Waals surface area contributed by atoms with Crippen molar-refractivity contribution in [2.45, 2.75) is 39.0 Å². The van der Waals surface area contributed by atoms with Crippen molar-refractivity contribution in [2.75, 3.05) is 0 Å². The van der Waals surface area contributed by atoms with Gasteiger partial charge in [-0.3, -0.25) is 9.59 Å². The summed E-state index contributed by atoms with van der Waals surface area (Å²) >= 11 is 0. The molecule has 1 fully saturated rings. The lowest BCUT2D eigenvalue weighted by molar-refractivity contribution is -0.123. The maximum atomic E-state index is 11.4. The quantitative estimate of drug-likeness (QED) is 0.568. The first-order valence-corrected chi connectivity index (χ1v) is 4.86. The van der Waals surface area contributed by atoms with Crippen molar-refractivity contribution < 1.29 is 9.59 Å². The lowest BCUT2D eigenvalue weighted by Gasteiger charge is -2.29. The predicted molar refractivity (Wildman–Crippen MR) is 49.3 cm³/mol. The van der Waals surface area contributed by atoms with Crippen LogP contribution in [-0.2, 0) is 9.59 Å². The van der Waals surface area contributed by atoms with Gasteiger partial charge in [-0.05, 0) is 30.8 Å². The van der Waals surface area contributed by atoms with Crippen molar-refractivity contribution in [1.82, 2.24) is 0 Å². The highest BCUT2D eigenvalue weighted by Crippen LogP contribution is 2.44. The highest BCUT2D eigenvalue weighted by molar-refractivity contribution is 5.98. The molecule has 0 atom stereocenters. The van der Waals surface area contributed by atoms with E-state index in [9.17, 15) is 9.59 Å². The van der Waals surface area contributed by atoms with Crippen LogP contribution in [0.2, 0.25) is 0 Å². The average Bonchev–Trinajstić information content (AvgIpc) is 2.36. The van der Waals surface area contributed by atoms with Gasteiger partial charge in [0.25, 0.3) is 0 Å². The highest BCUT2D eigenvalue weighted by atomic mass is 16.1. The Morgan fingerprint density at radius 2 is 1.85 bits per heavy atom. The summed E-state index contributed by atoms with van der Waals surface area (Å²) in [4.78, 5) is 22.4. The van der Waals surface area contributed by atoms with Crippen LogP contribution in [0.3, 0.4) is 0 Å². The van der Waals surface area contributed by atoms with E-state index in [1.807, 2.05) is 6.92 Å². The van der Waals surface area contributed by atoms with Crippen molar-refractivity contribution in [3.05, 3.63) is 11.6 Å². The molecule has 1 spiro atoms. The summed E-state index contributed by atoms with van der Waals surface area (Å²) in [6.45, 7) is 1.88. The maximum absolute atomic E-state index is 11.4. The normalized spacial score (nSPS) is 26.7. The van der Waals surface area contributed by atoms with Crippen LogP contribution < -0.4 is 0 Å². The Hall–Kier alpha value is -0.920. The van der Waals surface area contributed by atoms with Crippen LogP contribution in [0.4, 0.5) is 0 Å². The first-order chi connectivity index (χ1) is 6.11. The fourth-order valence-electron chi connectivity index (χ4n) is 2.40. The summed E-state index contributed by atoms with van der Waals surface area (Å²) in [5.74, 6) is 0.630. The second-order valence-corrected chi connectivity index (χ2v) is 4.33. The number of carbonyl (C=O) groups excluding carboxylic acids is 2. The molecular formula is C11H14O2. The summed E-state index contributed by atoms with van der Waals surface area (Å²) in [7, 11) is 0. The van der Waals surface area contributed by atoms with Gasteiger partial charge in [-0.15, -0.1) is 0 Å². The van der Waals surface area contributed by atoms with Gasteiger partial charge in [0.2, 0.25) is 0 Å². The minimum Gasteiger partial charge on any atom is -0.300 e. The zero-order chi connectivity index (χ0) is 9.47. The number of hydrogen-bond acceptors (Lipinski definition) is 2. The SMILES string of the molecule is CC1=CC2(CCC(=O)CC2)CC1=O. The molecule has 2 rings (SSSR count). The Kier molecular flexibility index (Phi) is 1.86. The number of Topliss-reactive ketones (excluding diaryl/α,β-unsaturated/α-hetero) is 2. The van der Waals surface area contributed by atoms with Gasteiger partial charge in [0.15, 0.2) is 5.78 Å². The minimum absolute atomic E-state index is 0.0646. The van der Waals surface area contributed by atoms with Crippen molar-refractivity contribution in [1.29, 1.82) is 0 Å². The Labute approximate surface area is 78.0 Å². The second-order valence-electron chi connectivity index (χ2n) is 4.33. The monoisotopic (exact) mass is 178 g/mol. The zero-order valence-corrected chi connectivity index (χ0v) is 7.93. The summed E-state index contributed by atoms with van der Waals surface area (Å²) in [5.41, 5.74) is 0.962. The number of rotatable bonds is 0. The van der Waals surface area contributed by atoms with Gasteiger partial charge >= 0.3 is 0 Å². The molecule has 2 aliphatic carbocycles. The molecule has 0 N–H and O–H groups in total. The first kappa shape index (κ1) is 8.67. The van der Waals surface area contributed by atoms with Crippen molar-refractivity contribution >= 4 is 11.6 Å². The molecule has 1 saturated carbocycles. The Bertz CT molecular complexity index is 289. The molecule has 2 aliphatic rings. The van der Waals surface area contributed by atoms with Gasteiger partial charge in [0.05, 0.1) is 0 Å². The van der Waals surface area contributed by atoms with E-state index in [2.05, 4.69) is 6.08 Å². The number of ketones is 2. The molecule has 0 radical (unpaired) electrons. The van der Waals surface area contributed by atoms with Gasteiger partial charge in [-0.1, -0.05) is 6.08 Å². The Balaban J connectivity index is 2.16. The van der Waals surface area contributed by atoms with E-state index in [0.717, 1.165) is 18.4 Å². The van der Waals surface area contributed by atoms with Crippen LogP contribution in [0.25, 0.3) is 0 Å². The summed E-state index contributed by atoms with van der Waals surface area (Å²) in [5, 5.41) is 0. The minimum atomic E-state index is 0.0646. The van der Waals surface area contributed by atoms with Crippen LogP contribution in [0.1, 0.15) is 39.0 Å². The van der Waals surface area contributed by atoms with Gasteiger partial charge in [-0.25, -0.2) is 0 Å². The molecule has 70 valence electrons.